The van der Waals surface area contributed by atoms with Gasteiger partial charge in [0.05, 0.1) is 12.3 Å². The van der Waals surface area contributed by atoms with Gasteiger partial charge < -0.3 is 15.8 Å². The van der Waals surface area contributed by atoms with Crippen molar-refractivity contribution < 1.29 is 4.74 Å². The maximum absolute atomic E-state index is 5.90. The Balaban J connectivity index is 0.00000288. The standard InChI is InChI=1S/C17H25N5O.HI/c1-12(2)23-16-8-6-15(7-9-16)21-17(18)19-10-4-5-14-11-20-22-13(14)3;/h6-9,11-12H,4-5,10H2,1-3H3,(H,20,22)(H3,18,19,21);1H. The molecule has 1 aromatic carbocycles. The number of aliphatic imine (C=N–C) groups is 1. The number of guanidine groups is 1. The van der Waals surface area contributed by atoms with E-state index in [-0.39, 0.29) is 30.1 Å². The van der Waals surface area contributed by atoms with Gasteiger partial charge in [0.25, 0.3) is 0 Å². The van der Waals surface area contributed by atoms with Crippen molar-refractivity contribution in [3.63, 3.8) is 0 Å². The van der Waals surface area contributed by atoms with Gasteiger partial charge in [-0.2, -0.15) is 5.10 Å². The zero-order valence-corrected chi connectivity index (χ0v) is 16.7. The Morgan fingerprint density at radius 2 is 2.04 bits per heavy atom. The molecule has 1 heterocycles. The summed E-state index contributed by atoms with van der Waals surface area (Å²) in [5.74, 6) is 1.27. The van der Waals surface area contributed by atoms with Crippen LogP contribution in [0.1, 0.15) is 31.5 Å². The van der Waals surface area contributed by atoms with Crippen LogP contribution in [0.25, 0.3) is 0 Å². The minimum absolute atomic E-state index is 0. The fraction of sp³-hybridized carbons (Fsp3) is 0.412. The van der Waals surface area contributed by atoms with Gasteiger partial charge in [-0.1, -0.05) is 0 Å². The summed E-state index contributed by atoms with van der Waals surface area (Å²) in [5, 5.41) is 10.0. The Kier molecular flexibility index (Phi) is 8.59. The number of aryl methyl sites for hydroxylation is 2. The average Bonchev–Trinajstić information content (AvgIpc) is 2.90. The van der Waals surface area contributed by atoms with Crippen LogP contribution >= 0.6 is 24.0 Å². The van der Waals surface area contributed by atoms with E-state index in [2.05, 4.69) is 20.5 Å². The number of rotatable bonds is 7. The summed E-state index contributed by atoms with van der Waals surface area (Å²) >= 11 is 0. The van der Waals surface area contributed by atoms with Crippen LogP contribution in [0, 0.1) is 6.92 Å². The maximum atomic E-state index is 5.90. The largest absolute Gasteiger partial charge is 0.491 e. The van der Waals surface area contributed by atoms with Crippen molar-refractivity contribution in [1.29, 1.82) is 0 Å². The Hall–Kier alpha value is -1.77. The number of nitrogens with one attached hydrogen (secondary N) is 2. The molecule has 0 aliphatic carbocycles. The van der Waals surface area contributed by atoms with Gasteiger partial charge in [-0.15, -0.1) is 24.0 Å². The molecule has 24 heavy (non-hydrogen) atoms. The lowest BCUT2D eigenvalue weighted by molar-refractivity contribution is 0.242. The molecule has 0 saturated carbocycles. The molecule has 2 rings (SSSR count). The number of nitrogens with two attached hydrogens (primary N) is 1. The summed E-state index contributed by atoms with van der Waals surface area (Å²) in [6, 6.07) is 7.68. The molecule has 0 aliphatic heterocycles. The number of anilines is 1. The normalized spacial score (nSPS) is 11.2. The highest BCUT2D eigenvalue weighted by atomic mass is 127. The molecule has 0 radical (unpaired) electrons. The van der Waals surface area contributed by atoms with E-state index in [1.807, 2.05) is 51.2 Å². The van der Waals surface area contributed by atoms with Gasteiger partial charge in [-0.25, -0.2) is 0 Å². The third-order valence-electron chi connectivity index (χ3n) is 3.32. The number of halogens is 1. The van der Waals surface area contributed by atoms with E-state index in [1.165, 1.54) is 5.56 Å². The molecule has 0 fully saturated rings. The van der Waals surface area contributed by atoms with Crippen molar-refractivity contribution >= 4 is 35.6 Å². The van der Waals surface area contributed by atoms with Gasteiger partial charge in [-0.05, 0) is 63.4 Å². The lowest BCUT2D eigenvalue weighted by atomic mass is 10.1. The zero-order valence-electron chi connectivity index (χ0n) is 14.4. The first-order chi connectivity index (χ1) is 11.0. The first-order valence-electron chi connectivity index (χ1n) is 7.87. The molecule has 0 saturated heterocycles. The lowest BCUT2D eigenvalue weighted by Crippen LogP contribution is -2.22. The summed E-state index contributed by atoms with van der Waals surface area (Å²) in [5.41, 5.74) is 9.14. The third-order valence-corrected chi connectivity index (χ3v) is 3.32. The first-order valence-corrected chi connectivity index (χ1v) is 7.87. The Morgan fingerprint density at radius 3 is 2.62 bits per heavy atom. The number of ether oxygens (including phenoxy) is 1. The number of aromatic amines is 1. The number of benzene rings is 1. The first kappa shape index (κ1) is 20.3. The summed E-state index contributed by atoms with van der Waals surface area (Å²) < 4.78 is 5.60. The van der Waals surface area contributed by atoms with E-state index in [0.29, 0.717) is 12.5 Å². The van der Waals surface area contributed by atoms with Gasteiger partial charge in [0, 0.05) is 17.9 Å². The molecule has 1 aromatic heterocycles. The van der Waals surface area contributed by atoms with E-state index in [4.69, 9.17) is 10.5 Å². The lowest BCUT2D eigenvalue weighted by Gasteiger charge is -2.10. The third kappa shape index (κ3) is 6.77. The highest BCUT2D eigenvalue weighted by molar-refractivity contribution is 14.0. The van der Waals surface area contributed by atoms with E-state index in [9.17, 15) is 0 Å². The smallest absolute Gasteiger partial charge is 0.193 e. The molecular weight excluding hydrogens is 417 g/mol. The number of aromatic nitrogens is 2. The Bertz CT molecular complexity index is 637. The zero-order chi connectivity index (χ0) is 16.7. The van der Waals surface area contributed by atoms with Crippen LogP contribution in [0.3, 0.4) is 0 Å². The van der Waals surface area contributed by atoms with Crippen molar-refractivity contribution in [2.24, 2.45) is 10.7 Å². The van der Waals surface area contributed by atoms with Crippen molar-refractivity contribution in [3.8, 4) is 5.75 Å². The highest BCUT2D eigenvalue weighted by Crippen LogP contribution is 2.16. The minimum Gasteiger partial charge on any atom is -0.491 e. The minimum atomic E-state index is 0. The second-order valence-corrected chi connectivity index (χ2v) is 5.71. The molecule has 0 amide bonds. The summed E-state index contributed by atoms with van der Waals surface area (Å²) in [4.78, 5) is 4.34. The van der Waals surface area contributed by atoms with Crippen molar-refractivity contribution in [2.75, 3.05) is 11.9 Å². The molecule has 6 nitrogen and oxygen atoms in total. The van der Waals surface area contributed by atoms with Crippen LogP contribution in [0.5, 0.6) is 5.75 Å². The highest BCUT2D eigenvalue weighted by Gasteiger charge is 2.01. The Labute approximate surface area is 160 Å². The quantitative estimate of drug-likeness (QED) is 0.265. The van der Waals surface area contributed by atoms with Crippen LogP contribution in [-0.4, -0.2) is 28.8 Å². The van der Waals surface area contributed by atoms with E-state index < -0.39 is 0 Å². The summed E-state index contributed by atoms with van der Waals surface area (Å²) in [6.45, 7) is 6.70. The van der Waals surface area contributed by atoms with Gasteiger partial charge in [0.15, 0.2) is 5.96 Å². The summed E-state index contributed by atoms with van der Waals surface area (Å²) in [6.07, 6.45) is 3.91. The SMILES string of the molecule is Cc1[nH]ncc1CCCN=C(N)Nc1ccc(OC(C)C)cc1.I. The van der Waals surface area contributed by atoms with E-state index in [1.54, 1.807) is 0 Å². The fourth-order valence-electron chi connectivity index (χ4n) is 2.17. The molecule has 132 valence electrons. The summed E-state index contributed by atoms with van der Waals surface area (Å²) in [7, 11) is 0. The Morgan fingerprint density at radius 1 is 1.33 bits per heavy atom. The van der Waals surface area contributed by atoms with Crippen LogP contribution in [0.2, 0.25) is 0 Å². The van der Waals surface area contributed by atoms with Crippen molar-refractivity contribution in [1.82, 2.24) is 10.2 Å². The molecule has 0 bridgehead atoms. The molecule has 0 atom stereocenters. The molecule has 2 aromatic rings. The molecule has 4 N–H and O–H groups in total. The van der Waals surface area contributed by atoms with Crippen LogP contribution in [0.15, 0.2) is 35.5 Å². The van der Waals surface area contributed by atoms with Crippen molar-refractivity contribution in [2.45, 2.75) is 39.7 Å². The number of hydrogen-bond donors (Lipinski definition) is 3. The van der Waals surface area contributed by atoms with Gasteiger partial charge in [0.1, 0.15) is 5.75 Å². The monoisotopic (exact) mass is 443 g/mol. The second-order valence-electron chi connectivity index (χ2n) is 5.71. The molecule has 0 unspecified atom stereocenters. The predicted molar refractivity (Wildman–Crippen MR) is 109 cm³/mol. The van der Waals surface area contributed by atoms with Crippen molar-refractivity contribution in [3.05, 3.63) is 41.7 Å². The van der Waals surface area contributed by atoms with Crippen LogP contribution in [-0.2, 0) is 6.42 Å². The number of hydrogen-bond acceptors (Lipinski definition) is 3. The molecule has 7 heteroatoms. The second kappa shape index (κ2) is 10.2. The maximum Gasteiger partial charge on any atom is 0.193 e. The van der Waals surface area contributed by atoms with Gasteiger partial charge in [0.2, 0.25) is 0 Å². The molecule has 0 spiro atoms. The topological polar surface area (TPSA) is 88.3 Å². The molecular formula is C17H26IN5O. The average molecular weight is 443 g/mol. The van der Waals surface area contributed by atoms with Crippen LogP contribution < -0.4 is 15.8 Å². The van der Waals surface area contributed by atoms with E-state index in [0.717, 1.165) is 30.0 Å². The molecule has 0 aliphatic rings. The number of H-pyrrole nitrogens is 1. The van der Waals surface area contributed by atoms with E-state index >= 15 is 0 Å². The van der Waals surface area contributed by atoms with Crippen LogP contribution in [0.4, 0.5) is 5.69 Å². The van der Waals surface area contributed by atoms with Gasteiger partial charge >= 0.3 is 0 Å². The van der Waals surface area contributed by atoms with Gasteiger partial charge in [-0.3, -0.25) is 10.1 Å². The fourth-order valence-corrected chi connectivity index (χ4v) is 2.17. The number of nitrogens with zero attached hydrogens (tertiary/aromatic N) is 2. The predicted octanol–water partition coefficient (Wildman–Crippen LogP) is 3.48.